The van der Waals surface area contributed by atoms with Gasteiger partial charge in [-0.05, 0) is 71.9 Å². The largest absolute Gasteiger partial charge is 0.550 e. The van der Waals surface area contributed by atoms with Gasteiger partial charge >= 0.3 is 0 Å². The van der Waals surface area contributed by atoms with Crippen molar-refractivity contribution in [3.63, 3.8) is 0 Å². The van der Waals surface area contributed by atoms with E-state index in [-0.39, 0.29) is 0 Å². The molecule has 0 saturated carbocycles. The van der Waals surface area contributed by atoms with Gasteiger partial charge in [-0.25, -0.2) is 0 Å². The Hall–Kier alpha value is 0.288. The number of hydrogen-bond donors (Lipinski definition) is 0. The Balaban J connectivity index is 5.75. The molecule has 0 saturated heterocycles. The van der Waals surface area contributed by atoms with Crippen molar-refractivity contribution < 1.29 is 17.7 Å². The van der Waals surface area contributed by atoms with Gasteiger partial charge < -0.3 is 17.7 Å². The van der Waals surface area contributed by atoms with Crippen molar-refractivity contribution in [2.45, 2.75) is 91.2 Å². The third-order valence-electron chi connectivity index (χ3n) is 2.74. The molecular weight excluding hydrogens is 369 g/mol. The molecule has 0 rings (SSSR count). The lowest BCUT2D eigenvalue weighted by Gasteiger charge is -2.43. The van der Waals surface area contributed by atoms with Crippen molar-refractivity contribution >= 4 is 34.7 Å². The van der Waals surface area contributed by atoms with Crippen LogP contribution in [-0.2, 0) is 17.7 Å². The summed E-state index contributed by atoms with van der Waals surface area (Å²) in [6, 6.07) is 1.12. The van der Waals surface area contributed by atoms with Gasteiger partial charge in [-0.2, -0.15) is 0 Å². The zero-order valence-electron chi connectivity index (χ0n) is 17.8. The van der Waals surface area contributed by atoms with E-state index in [1.54, 1.807) is 0 Å². The minimum Gasteiger partial charge on any atom is -0.550 e. The molecule has 0 spiro atoms. The van der Waals surface area contributed by atoms with Gasteiger partial charge in [-0.3, -0.25) is 0 Å². The molecular formula is C16H40O4Si4. The first-order valence-electron chi connectivity index (χ1n) is 8.99. The summed E-state index contributed by atoms with van der Waals surface area (Å²) in [5, 5.41) is 0. The van der Waals surface area contributed by atoms with Crippen molar-refractivity contribution in [1.29, 1.82) is 0 Å². The summed E-state index contributed by atoms with van der Waals surface area (Å²) in [6.45, 7) is 23.8. The van der Waals surface area contributed by atoms with E-state index in [0.29, 0.717) is 0 Å². The Labute approximate surface area is 155 Å². The third kappa shape index (κ3) is 11.0. The first kappa shape index (κ1) is 24.3. The van der Waals surface area contributed by atoms with Crippen molar-refractivity contribution in [1.82, 2.24) is 0 Å². The summed E-state index contributed by atoms with van der Waals surface area (Å²) < 4.78 is 25.4. The maximum absolute atomic E-state index is 6.51. The van der Waals surface area contributed by atoms with Crippen molar-refractivity contribution in [3.8, 4) is 0 Å². The first-order chi connectivity index (χ1) is 10.6. The molecule has 0 aromatic carbocycles. The monoisotopic (exact) mass is 408 g/mol. The predicted octanol–water partition coefficient (Wildman–Crippen LogP) is 5.03. The van der Waals surface area contributed by atoms with Crippen LogP contribution in [0.1, 0.15) is 20.3 Å². The van der Waals surface area contributed by atoms with E-state index in [0.717, 1.165) is 18.0 Å². The molecule has 0 fully saturated rings. The van der Waals surface area contributed by atoms with E-state index in [1.165, 1.54) is 0 Å². The molecule has 0 aliphatic rings. The molecule has 144 valence electrons. The van der Waals surface area contributed by atoms with E-state index in [1.807, 2.05) is 13.2 Å². The number of hydrogen-bond acceptors (Lipinski definition) is 4. The van der Waals surface area contributed by atoms with Crippen molar-refractivity contribution in [3.05, 3.63) is 11.8 Å². The molecule has 0 aromatic heterocycles. The maximum atomic E-state index is 6.51. The van der Waals surface area contributed by atoms with E-state index >= 15 is 0 Å². The molecule has 4 nitrogen and oxygen atoms in total. The molecule has 0 amide bonds. The van der Waals surface area contributed by atoms with Crippen LogP contribution in [0.5, 0.6) is 0 Å². The van der Waals surface area contributed by atoms with Crippen LogP contribution in [0.2, 0.25) is 65.0 Å². The Bertz CT molecular complexity index is 390. The lowest BCUT2D eigenvalue weighted by atomic mass is 10.3. The highest BCUT2D eigenvalue weighted by atomic mass is 28.4. The van der Waals surface area contributed by atoms with Gasteiger partial charge in [-0.1, -0.05) is 13.3 Å². The second-order valence-corrected chi connectivity index (χ2v) is 23.9. The first-order valence-corrected chi connectivity index (χ1v) is 20.8. The molecule has 0 atom stereocenters. The Morgan fingerprint density at radius 2 is 1.33 bits per heavy atom. The second-order valence-electron chi connectivity index (χ2n) is 9.22. The van der Waals surface area contributed by atoms with Crippen molar-refractivity contribution in [2.24, 2.45) is 0 Å². The summed E-state index contributed by atoms with van der Waals surface area (Å²) in [6.07, 6.45) is 2.96. The molecule has 0 unspecified atom stereocenters. The van der Waals surface area contributed by atoms with Crippen LogP contribution in [0.25, 0.3) is 0 Å². The topological polar surface area (TPSA) is 36.9 Å². The Kier molecular flexibility index (Phi) is 9.40. The van der Waals surface area contributed by atoms with Gasteiger partial charge in [0.05, 0.1) is 6.26 Å². The molecule has 0 aliphatic carbocycles. The summed E-state index contributed by atoms with van der Waals surface area (Å²) in [5.41, 5.74) is 0.901. The summed E-state index contributed by atoms with van der Waals surface area (Å²) in [5.74, 6) is -1.06. The fourth-order valence-corrected chi connectivity index (χ4v) is 5.88. The molecule has 0 N–H and O–H groups in total. The highest BCUT2D eigenvalue weighted by Crippen LogP contribution is 2.33. The molecule has 0 heterocycles. The molecule has 24 heavy (non-hydrogen) atoms. The highest BCUT2D eigenvalue weighted by molar-refractivity contribution is 6.71. The minimum atomic E-state index is -1.88. The maximum Gasteiger partial charge on any atom is 0.281 e. The summed E-state index contributed by atoms with van der Waals surface area (Å²) in [4.78, 5) is 0. The fraction of sp³-hybridized carbons (Fsp3) is 0.875. The van der Waals surface area contributed by atoms with Gasteiger partial charge in [0.1, 0.15) is 0 Å². The van der Waals surface area contributed by atoms with Crippen LogP contribution < -0.4 is 0 Å². The minimum absolute atomic E-state index is 0.715. The van der Waals surface area contributed by atoms with Crippen LogP contribution in [0.3, 0.4) is 0 Å². The third-order valence-corrected chi connectivity index (χ3v) is 6.91. The van der Waals surface area contributed by atoms with E-state index in [9.17, 15) is 0 Å². The van der Waals surface area contributed by atoms with Crippen LogP contribution in [-0.4, -0.2) is 40.7 Å². The fourth-order valence-electron chi connectivity index (χ4n) is 1.85. The Morgan fingerprint density at radius 3 is 1.67 bits per heavy atom. The van der Waals surface area contributed by atoms with Crippen LogP contribution in [0.15, 0.2) is 11.8 Å². The highest BCUT2D eigenvalue weighted by Gasteiger charge is 2.44. The predicted molar refractivity (Wildman–Crippen MR) is 115 cm³/mol. The zero-order chi connectivity index (χ0) is 19.2. The molecule has 0 aliphatic heterocycles. The summed E-state index contributed by atoms with van der Waals surface area (Å²) in [7, 11) is -6.14. The molecule has 0 aromatic rings. The summed E-state index contributed by atoms with van der Waals surface area (Å²) >= 11 is 0. The number of rotatable bonds is 11. The van der Waals surface area contributed by atoms with Gasteiger partial charge in [-0.15, -0.1) is 0 Å². The quantitative estimate of drug-likeness (QED) is 0.208. The Morgan fingerprint density at radius 1 is 0.875 bits per heavy atom. The average molecular weight is 409 g/mol. The van der Waals surface area contributed by atoms with Gasteiger partial charge in [0, 0.05) is 5.57 Å². The van der Waals surface area contributed by atoms with E-state index in [4.69, 9.17) is 17.7 Å². The van der Waals surface area contributed by atoms with Gasteiger partial charge in [0.25, 0.3) is 5.97 Å². The average Bonchev–Trinajstić information content (AvgIpc) is 2.31. The smallest absolute Gasteiger partial charge is 0.281 e. The molecule has 0 bridgehead atoms. The molecule has 0 radical (unpaired) electrons. The lowest BCUT2D eigenvalue weighted by molar-refractivity contribution is -0.236. The van der Waals surface area contributed by atoms with Crippen LogP contribution in [0, 0.1) is 0 Å². The zero-order valence-corrected chi connectivity index (χ0v) is 22.2. The van der Waals surface area contributed by atoms with Crippen molar-refractivity contribution in [2.75, 3.05) is 0 Å². The molecule has 8 heteroatoms. The van der Waals surface area contributed by atoms with E-state index < -0.39 is 40.7 Å². The lowest BCUT2D eigenvalue weighted by Crippen LogP contribution is -2.53. The standard InChI is InChI=1S/C16H40O4Si4/c1-12-13-21-18-16(19-23(6,7)8,20-24(9,10)11)15(2)14-17-22(3,4)5/h14H,12-13,21H2,1-11H3/b15-14+. The normalized spacial score (nSPS) is 15.4. The SMILES string of the molecule is CCC[SiH2]OC(O[Si](C)(C)C)(O[Si](C)(C)C)/C(C)=C/O[Si](C)(C)C. The van der Waals surface area contributed by atoms with Crippen LogP contribution in [0.4, 0.5) is 0 Å². The second kappa shape index (κ2) is 9.29. The van der Waals surface area contributed by atoms with Gasteiger partial charge in [0.2, 0.25) is 8.32 Å². The van der Waals surface area contributed by atoms with Crippen LogP contribution >= 0.6 is 0 Å². The van der Waals surface area contributed by atoms with Gasteiger partial charge in [0.15, 0.2) is 26.4 Å². The van der Waals surface area contributed by atoms with E-state index in [2.05, 4.69) is 65.8 Å².